The lowest BCUT2D eigenvalue weighted by Crippen LogP contribution is -2.42. The minimum Gasteiger partial charge on any atom is -0.361 e. The van der Waals surface area contributed by atoms with E-state index in [1.807, 2.05) is 30.5 Å². The normalized spacial score (nSPS) is 21.6. The number of hydrogen-bond acceptors (Lipinski definition) is 1. The summed E-state index contributed by atoms with van der Waals surface area (Å²) >= 11 is 0. The molecular formula is C15H18F2N2. The van der Waals surface area contributed by atoms with Crippen molar-refractivity contribution in [3.63, 3.8) is 0 Å². The lowest BCUT2D eigenvalue weighted by Gasteiger charge is -2.39. The maximum atomic E-state index is 13.4. The molecular weight excluding hydrogens is 246 g/mol. The number of aromatic nitrogens is 1. The van der Waals surface area contributed by atoms with Gasteiger partial charge in [-0.1, -0.05) is 18.2 Å². The number of nitrogens with two attached hydrogens (primary N) is 1. The largest absolute Gasteiger partial charge is 0.361 e. The summed E-state index contributed by atoms with van der Waals surface area (Å²) in [6, 6.07) is 7.97. The van der Waals surface area contributed by atoms with E-state index >= 15 is 0 Å². The van der Waals surface area contributed by atoms with Crippen LogP contribution in [0, 0.1) is 0 Å². The highest BCUT2D eigenvalue weighted by Gasteiger charge is 2.44. The molecule has 102 valence electrons. The standard InChI is InChI=1S/C15H18F2N2/c16-15(17)7-5-14(10-18,6-8-15)12-9-19-13-4-2-1-3-11(12)13/h1-4,9,19H,5-8,10,18H2. The summed E-state index contributed by atoms with van der Waals surface area (Å²) in [6.07, 6.45) is 2.73. The van der Waals surface area contributed by atoms with Crippen molar-refractivity contribution in [1.29, 1.82) is 0 Å². The summed E-state index contributed by atoms with van der Waals surface area (Å²) in [5.41, 5.74) is 7.79. The number of para-hydroxylation sites is 1. The highest BCUT2D eigenvalue weighted by molar-refractivity contribution is 5.84. The van der Waals surface area contributed by atoms with Crippen LogP contribution in [0.3, 0.4) is 0 Å². The molecule has 1 saturated carbocycles. The van der Waals surface area contributed by atoms with Crippen molar-refractivity contribution in [3.8, 4) is 0 Å². The molecule has 2 nitrogen and oxygen atoms in total. The molecule has 1 fully saturated rings. The first-order valence-corrected chi connectivity index (χ1v) is 6.71. The van der Waals surface area contributed by atoms with E-state index in [1.54, 1.807) is 0 Å². The predicted molar refractivity (Wildman–Crippen MR) is 72.4 cm³/mol. The Morgan fingerprint density at radius 3 is 2.47 bits per heavy atom. The Bertz CT molecular complexity index is 579. The van der Waals surface area contributed by atoms with E-state index in [-0.39, 0.29) is 18.3 Å². The maximum Gasteiger partial charge on any atom is 0.248 e. The number of alkyl halides is 2. The van der Waals surface area contributed by atoms with Gasteiger partial charge in [-0.2, -0.15) is 0 Å². The first-order valence-electron chi connectivity index (χ1n) is 6.71. The molecule has 0 amide bonds. The van der Waals surface area contributed by atoms with Crippen LogP contribution < -0.4 is 5.73 Å². The zero-order valence-corrected chi connectivity index (χ0v) is 10.8. The van der Waals surface area contributed by atoms with Crippen LogP contribution in [-0.4, -0.2) is 17.5 Å². The number of benzene rings is 1. The number of rotatable bonds is 2. The van der Waals surface area contributed by atoms with Crippen molar-refractivity contribution < 1.29 is 8.78 Å². The number of nitrogens with one attached hydrogen (secondary N) is 1. The summed E-state index contributed by atoms with van der Waals surface area (Å²) < 4.78 is 26.8. The average Bonchev–Trinajstić information content (AvgIpc) is 2.84. The van der Waals surface area contributed by atoms with E-state index in [0.29, 0.717) is 19.4 Å². The van der Waals surface area contributed by atoms with Gasteiger partial charge >= 0.3 is 0 Å². The lowest BCUT2D eigenvalue weighted by atomic mass is 9.68. The van der Waals surface area contributed by atoms with Crippen LogP contribution >= 0.6 is 0 Å². The van der Waals surface area contributed by atoms with Gasteiger partial charge in [-0.25, -0.2) is 8.78 Å². The number of fused-ring (bicyclic) bond motifs is 1. The number of hydrogen-bond donors (Lipinski definition) is 2. The molecule has 0 aliphatic heterocycles. The fraction of sp³-hybridized carbons (Fsp3) is 0.467. The molecule has 0 spiro atoms. The van der Waals surface area contributed by atoms with Crippen molar-refractivity contribution in [2.24, 2.45) is 5.73 Å². The second-order valence-corrected chi connectivity index (χ2v) is 5.59. The first-order chi connectivity index (χ1) is 9.06. The minimum absolute atomic E-state index is 0.0658. The SMILES string of the molecule is NCC1(c2c[nH]c3ccccc23)CCC(F)(F)CC1. The van der Waals surface area contributed by atoms with E-state index in [4.69, 9.17) is 5.73 Å². The van der Waals surface area contributed by atoms with Crippen LogP contribution in [0.1, 0.15) is 31.2 Å². The summed E-state index contributed by atoms with van der Waals surface area (Å²) in [5, 5.41) is 1.11. The Labute approximate surface area is 111 Å². The molecule has 0 saturated heterocycles. The van der Waals surface area contributed by atoms with Crippen LogP contribution in [-0.2, 0) is 5.41 Å². The van der Waals surface area contributed by atoms with Crippen LogP contribution in [0.25, 0.3) is 10.9 Å². The highest BCUT2D eigenvalue weighted by atomic mass is 19.3. The summed E-state index contributed by atoms with van der Waals surface area (Å²) in [5.74, 6) is -2.52. The lowest BCUT2D eigenvalue weighted by molar-refractivity contribution is -0.0507. The second-order valence-electron chi connectivity index (χ2n) is 5.59. The highest BCUT2D eigenvalue weighted by Crippen LogP contribution is 2.46. The molecule has 19 heavy (non-hydrogen) atoms. The zero-order valence-electron chi connectivity index (χ0n) is 10.8. The van der Waals surface area contributed by atoms with E-state index in [9.17, 15) is 8.78 Å². The second kappa shape index (κ2) is 4.30. The number of H-pyrrole nitrogens is 1. The molecule has 3 N–H and O–H groups in total. The molecule has 4 heteroatoms. The van der Waals surface area contributed by atoms with Crippen LogP contribution in [0.2, 0.25) is 0 Å². The zero-order chi connectivity index (χ0) is 13.5. The van der Waals surface area contributed by atoms with Crippen molar-refractivity contribution in [2.45, 2.75) is 37.0 Å². The predicted octanol–water partition coefficient (Wildman–Crippen LogP) is 3.57. The van der Waals surface area contributed by atoms with Crippen molar-refractivity contribution in [1.82, 2.24) is 4.98 Å². The molecule has 1 aromatic carbocycles. The maximum absolute atomic E-state index is 13.4. The van der Waals surface area contributed by atoms with Crippen LogP contribution in [0.15, 0.2) is 30.5 Å². The minimum atomic E-state index is -2.52. The number of halogens is 2. The van der Waals surface area contributed by atoms with Gasteiger partial charge in [0.2, 0.25) is 5.92 Å². The van der Waals surface area contributed by atoms with Gasteiger partial charge in [-0.15, -0.1) is 0 Å². The monoisotopic (exact) mass is 264 g/mol. The molecule has 3 rings (SSSR count). The summed E-state index contributed by atoms with van der Waals surface area (Å²) in [7, 11) is 0. The topological polar surface area (TPSA) is 41.8 Å². The Kier molecular flexibility index (Phi) is 2.86. The van der Waals surface area contributed by atoms with Crippen LogP contribution in [0.4, 0.5) is 8.78 Å². The van der Waals surface area contributed by atoms with Gasteiger partial charge in [-0.05, 0) is 24.5 Å². The summed E-state index contributed by atoms with van der Waals surface area (Å²) in [6.45, 7) is 0.422. The third-order valence-corrected chi connectivity index (χ3v) is 4.49. The Balaban J connectivity index is 2.03. The van der Waals surface area contributed by atoms with Gasteiger partial charge in [0.1, 0.15) is 0 Å². The molecule has 0 radical (unpaired) electrons. The van der Waals surface area contributed by atoms with Gasteiger partial charge in [0.05, 0.1) is 0 Å². The Morgan fingerprint density at radius 1 is 1.11 bits per heavy atom. The fourth-order valence-electron chi connectivity index (χ4n) is 3.19. The third kappa shape index (κ3) is 2.04. The quantitative estimate of drug-likeness (QED) is 0.855. The van der Waals surface area contributed by atoms with Gasteiger partial charge in [-0.3, -0.25) is 0 Å². The Morgan fingerprint density at radius 2 is 1.79 bits per heavy atom. The molecule has 2 aromatic rings. The van der Waals surface area contributed by atoms with E-state index in [2.05, 4.69) is 4.98 Å². The van der Waals surface area contributed by atoms with Crippen LogP contribution in [0.5, 0.6) is 0 Å². The molecule has 1 aliphatic rings. The smallest absolute Gasteiger partial charge is 0.248 e. The average molecular weight is 264 g/mol. The van der Waals surface area contributed by atoms with Crippen molar-refractivity contribution in [2.75, 3.05) is 6.54 Å². The van der Waals surface area contributed by atoms with Gasteiger partial charge in [0, 0.05) is 41.9 Å². The molecule has 1 aromatic heterocycles. The summed E-state index contributed by atoms with van der Waals surface area (Å²) in [4.78, 5) is 3.22. The first kappa shape index (κ1) is 12.6. The van der Waals surface area contributed by atoms with Gasteiger partial charge < -0.3 is 10.7 Å². The van der Waals surface area contributed by atoms with E-state index in [0.717, 1.165) is 16.5 Å². The van der Waals surface area contributed by atoms with Crippen molar-refractivity contribution in [3.05, 3.63) is 36.0 Å². The van der Waals surface area contributed by atoms with E-state index in [1.165, 1.54) is 0 Å². The van der Waals surface area contributed by atoms with Gasteiger partial charge in [0.15, 0.2) is 0 Å². The van der Waals surface area contributed by atoms with E-state index < -0.39 is 5.92 Å². The number of aromatic amines is 1. The molecule has 1 heterocycles. The molecule has 0 unspecified atom stereocenters. The van der Waals surface area contributed by atoms with Crippen molar-refractivity contribution >= 4 is 10.9 Å². The molecule has 0 atom stereocenters. The Hall–Kier alpha value is -1.42. The van der Waals surface area contributed by atoms with Gasteiger partial charge in [0.25, 0.3) is 0 Å². The fourth-order valence-corrected chi connectivity index (χ4v) is 3.19. The third-order valence-electron chi connectivity index (χ3n) is 4.49. The molecule has 1 aliphatic carbocycles. The molecule has 0 bridgehead atoms.